The maximum atomic E-state index is 13.8. The molecule has 0 atom stereocenters. The predicted octanol–water partition coefficient (Wildman–Crippen LogP) is 4.34. The van der Waals surface area contributed by atoms with Crippen molar-refractivity contribution in [1.29, 1.82) is 0 Å². The van der Waals surface area contributed by atoms with E-state index < -0.39 is 17.6 Å². The van der Waals surface area contributed by atoms with Crippen LogP contribution in [0.1, 0.15) is 26.3 Å². The van der Waals surface area contributed by atoms with Gasteiger partial charge in [0.15, 0.2) is 0 Å². The van der Waals surface area contributed by atoms with Crippen LogP contribution in [-0.4, -0.2) is 21.6 Å². The number of nitrogens with zero attached hydrogens (tertiary/aromatic N) is 2. The highest BCUT2D eigenvalue weighted by molar-refractivity contribution is 6.08. The number of halogens is 1. The van der Waals surface area contributed by atoms with Crippen LogP contribution in [0.3, 0.4) is 0 Å². The Morgan fingerprint density at radius 2 is 1.68 bits per heavy atom. The predicted molar refractivity (Wildman–Crippen MR) is 117 cm³/mol. The Kier molecular flexibility index (Phi) is 5.32. The number of primary amides is 1. The second-order valence-corrected chi connectivity index (χ2v) is 7.00. The Labute approximate surface area is 178 Å². The number of benzene rings is 3. The van der Waals surface area contributed by atoms with Gasteiger partial charge in [-0.15, -0.1) is 0 Å². The summed E-state index contributed by atoms with van der Waals surface area (Å²) in [5, 5.41) is 7.36. The number of para-hydroxylation sites is 1. The minimum absolute atomic E-state index is 0.253. The average Bonchev–Trinajstić information content (AvgIpc) is 3.21. The molecule has 0 saturated carbocycles. The molecule has 6 nitrogen and oxygen atoms in total. The number of carbonyl (C=O) groups is 2. The van der Waals surface area contributed by atoms with Gasteiger partial charge in [0.2, 0.25) is 0 Å². The summed E-state index contributed by atoms with van der Waals surface area (Å²) >= 11 is 0. The fraction of sp³-hybridized carbons (Fsp3) is 0.0417. The Morgan fingerprint density at radius 3 is 2.39 bits per heavy atom. The molecule has 0 aliphatic heterocycles. The van der Waals surface area contributed by atoms with Gasteiger partial charge in [0, 0.05) is 17.4 Å². The molecule has 31 heavy (non-hydrogen) atoms. The third-order valence-electron chi connectivity index (χ3n) is 4.87. The number of hydrogen-bond acceptors (Lipinski definition) is 3. The molecule has 3 aromatic carbocycles. The standard InChI is InChI=1S/C24H19FN4O2/c1-15-7-5-6-10-18(15)22-20(14-29(28-22)17-8-3-2-4-9-17)24(31)27-16-11-12-21(25)19(13-16)23(26)30/h2-14H,1H3,(H2,26,30)(H,27,31). The van der Waals surface area contributed by atoms with E-state index in [0.29, 0.717) is 11.3 Å². The zero-order valence-electron chi connectivity index (χ0n) is 16.7. The van der Waals surface area contributed by atoms with Crippen molar-refractivity contribution < 1.29 is 14.0 Å². The van der Waals surface area contributed by atoms with Gasteiger partial charge in [-0.3, -0.25) is 9.59 Å². The molecule has 0 radical (unpaired) electrons. The summed E-state index contributed by atoms with van der Waals surface area (Å²) in [6.07, 6.45) is 1.64. The lowest BCUT2D eigenvalue weighted by molar-refractivity contribution is 0.0992. The molecular formula is C24H19FN4O2. The molecule has 4 rings (SSSR count). The average molecular weight is 414 g/mol. The molecule has 1 heterocycles. The molecule has 0 fully saturated rings. The van der Waals surface area contributed by atoms with E-state index in [4.69, 9.17) is 5.73 Å². The van der Waals surface area contributed by atoms with Crippen molar-refractivity contribution in [3.8, 4) is 16.9 Å². The Hall–Kier alpha value is -4.26. The zero-order valence-corrected chi connectivity index (χ0v) is 16.7. The van der Waals surface area contributed by atoms with E-state index >= 15 is 0 Å². The topological polar surface area (TPSA) is 90.0 Å². The first-order valence-electron chi connectivity index (χ1n) is 9.56. The molecule has 4 aromatic rings. The van der Waals surface area contributed by atoms with Crippen LogP contribution < -0.4 is 11.1 Å². The van der Waals surface area contributed by atoms with E-state index in [9.17, 15) is 14.0 Å². The number of anilines is 1. The Balaban J connectivity index is 1.77. The van der Waals surface area contributed by atoms with Crippen LogP contribution in [0.5, 0.6) is 0 Å². The zero-order chi connectivity index (χ0) is 22.0. The highest BCUT2D eigenvalue weighted by Gasteiger charge is 2.20. The third kappa shape index (κ3) is 4.06. The van der Waals surface area contributed by atoms with Crippen molar-refractivity contribution in [1.82, 2.24) is 9.78 Å². The lowest BCUT2D eigenvalue weighted by atomic mass is 10.0. The van der Waals surface area contributed by atoms with Crippen molar-refractivity contribution in [2.24, 2.45) is 5.73 Å². The number of nitrogens with two attached hydrogens (primary N) is 1. The molecule has 3 N–H and O–H groups in total. The summed E-state index contributed by atoms with van der Waals surface area (Å²) < 4.78 is 15.4. The molecule has 0 saturated heterocycles. The van der Waals surface area contributed by atoms with Crippen molar-refractivity contribution in [2.45, 2.75) is 6.92 Å². The number of nitrogens with one attached hydrogen (secondary N) is 1. The minimum Gasteiger partial charge on any atom is -0.366 e. The monoisotopic (exact) mass is 414 g/mol. The molecule has 1 aromatic heterocycles. The number of aryl methyl sites for hydroxylation is 1. The van der Waals surface area contributed by atoms with Gasteiger partial charge in [0.05, 0.1) is 16.8 Å². The Morgan fingerprint density at radius 1 is 0.968 bits per heavy atom. The molecule has 154 valence electrons. The van der Waals surface area contributed by atoms with Crippen molar-refractivity contribution >= 4 is 17.5 Å². The molecule has 0 aliphatic rings. The number of rotatable bonds is 5. The number of hydrogen-bond donors (Lipinski definition) is 2. The van der Waals surface area contributed by atoms with Gasteiger partial charge >= 0.3 is 0 Å². The van der Waals surface area contributed by atoms with Crippen LogP contribution in [0.2, 0.25) is 0 Å². The first kappa shape index (κ1) is 20.0. The largest absolute Gasteiger partial charge is 0.366 e. The summed E-state index contributed by atoms with van der Waals surface area (Å²) in [7, 11) is 0. The number of amides is 2. The highest BCUT2D eigenvalue weighted by Crippen LogP contribution is 2.27. The van der Waals surface area contributed by atoms with Crippen LogP contribution in [0.15, 0.2) is 79.0 Å². The fourth-order valence-corrected chi connectivity index (χ4v) is 3.28. The van der Waals surface area contributed by atoms with Crippen LogP contribution in [-0.2, 0) is 0 Å². The van der Waals surface area contributed by atoms with Gasteiger partial charge in [-0.1, -0.05) is 42.5 Å². The maximum absolute atomic E-state index is 13.8. The molecule has 7 heteroatoms. The molecule has 0 bridgehead atoms. The minimum atomic E-state index is -0.911. The van der Waals surface area contributed by atoms with E-state index in [-0.39, 0.29) is 11.3 Å². The molecule has 0 spiro atoms. The Bertz CT molecular complexity index is 1280. The lowest BCUT2D eigenvalue weighted by Crippen LogP contribution is -2.16. The first-order chi connectivity index (χ1) is 14.9. The number of carbonyl (C=O) groups excluding carboxylic acids is 2. The fourth-order valence-electron chi connectivity index (χ4n) is 3.28. The smallest absolute Gasteiger partial charge is 0.259 e. The molecular weight excluding hydrogens is 395 g/mol. The quantitative estimate of drug-likeness (QED) is 0.509. The van der Waals surface area contributed by atoms with E-state index in [1.807, 2.05) is 61.5 Å². The first-order valence-corrected chi connectivity index (χ1v) is 9.56. The van der Waals surface area contributed by atoms with Crippen molar-refractivity contribution in [3.05, 3.63) is 102 Å². The normalized spacial score (nSPS) is 10.6. The van der Waals surface area contributed by atoms with Gasteiger partial charge in [-0.2, -0.15) is 5.10 Å². The van der Waals surface area contributed by atoms with E-state index in [2.05, 4.69) is 10.4 Å². The summed E-state index contributed by atoms with van der Waals surface area (Å²) in [5.41, 5.74) is 8.59. The van der Waals surface area contributed by atoms with Gasteiger partial charge < -0.3 is 11.1 Å². The molecule has 0 aliphatic carbocycles. The second kappa shape index (κ2) is 8.23. The lowest BCUT2D eigenvalue weighted by Gasteiger charge is -2.08. The van der Waals surface area contributed by atoms with Crippen LogP contribution >= 0.6 is 0 Å². The molecule has 0 unspecified atom stereocenters. The van der Waals surface area contributed by atoms with Gasteiger partial charge in [0.25, 0.3) is 11.8 Å². The van der Waals surface area contributed by atoms with E-state index in [1.165, 1.54) is 12.1 Å². The summed E-state index contributed by atoms with van der Waals surface area (Å²) in [4.78, 5) is 24.6. The van der Waals surface area contributed by atoms with Crippen LogP contribution in [0, 0.1) is 12.7 Å². The maximum Gasteiger partial charge on any atom is 0.259 e. The second-order valence-electron chi connectivity index (χ2n) is 7.00. The van der Waals surface area contributed by atoms with Gasteiger partial charge in [-0.05, 0) is 42.8 Å². The van der Waals surface area contributed by atoms with Crippen LogP contribution in [0.25, 0.3) is 16.9 Å². The van der Waals surface area contributed by atoms with Crippen molar-refractivity contribution in [3.63, 3.8) is 0 Å². The van der Waals surface area contributed by atoms with Crippen LogP contribution in [0.4, 0.5) is 10.1 Å². The summed E-state index contributed by atoms with van der Waals surface area (Å²) in [6, 6.07) is 20.7. The van der Waals surface area contributed by atoms with Gasteiger partial charge in [-0.25, -0.2) is 9.07 Å². The SMILES string of the molecule is Cc1ccccc1-c1nn(-c2ccccc2)cc1C(=O)Nc1ccc(F)c(C(N)=O)c1. The molecule has 2 amide bonds. The third-order valence-corrected chi connectivity index (χ3v) is 4.87. The van der Waals surface area contributed by atoms with Gasteiger partial charge in [0.1, 0.15) is 11.5 Å². The highest BCUT2D eigenvalue weighted by atomic mass is 19.1. The summed E-state index contributed by atoms with van der Waals surface area (Å²) in [6.45, 7) is 1.94. The summed E-state index contributed by atoms with van der Waals surface area (Å²) in [5.74, 6) is -2.10. The van der Waals surface area contributed by atoms with Crippen molar-refractivity contribution in [2.75, 3.05) is 5.32 Å². The van der Waals surface area contributed by atoms with E-state index in [1.54, 1.807) is 10.9 Å². The number of aromatic nitrogens is 2. The van der Waals surface area contributed by atoms with E-state index in [0.717, 1.165) is 22.9 Å².